The minimum atomic E-state index is -0.808. The van der Waals surface area contributed by atoms with Crippen molar-refractivity contribution in [3.05, 3.63) is 29.8 Å². The minimum absolute atomic E-state index is 0.123. The van der Waals surface area contributed by atoms with Crippen LogP contribution in [-0.4, -0.2) is 54.9 Å². The van der Waals surface area contributed by atoms with Crippen LogP contribution in [0.25, 0.3) is 0 Å². The van der Waals surface area contributed by atoms with Crippen LogP contribution in [0.4, 0.5) is 0 Å². The van der Waals surface area contributed by atoms with Gasteiger partial charge in [0, 0.05) is 24.6 Å². The van der Waals surface area contributed by atoms with Gasteiger partial charge in [-0.1, -0.05) is 12.1 Å². The van der Waals surface area contributed by atoms with Crippen molar-refractivity contribution in [2.75, 3.05) is 26.0 Å². The molecule has 1 saturated carbocycles. The van der Waals surface area contributed by atoms with E-state index in [9.17, 15) is 14.4 Å². The second-order valence-electron chi connectivity index (χ2n) is 6.15. The third-order valence-electron chi connectivity index (χ3n) is 4.24. The lowest BCUT2D eigenvalue weighted by atomic mass is 10.1. The smallest absolute Gasteiger partial charge is 0.306 e. The molecule has 0 radical (unpaired) electrons. The van der Waals surface area contributed by atoms with E-state index in [1.165, 1.54) is 11.8 Å². The van der Waals surface area contributed by atoms with Gasteiger partial charge in [-0.2, -0.15) is 0 Å². The standard InChI is InChI=1S/C18H24N2O5S/c1-25-9-8-19-16(21)11-26-15-5-3-2-4-14(15)17(22)20-13-7-6-12(10-13)18(23)24/h2-5,12-13H,6-11H2,1H3,(H,19,21)(H,20,22)(H,23,24)/t12-,13+/m1/s1. The molecule has 8 heteroatoms. The molecular formula is C18H24N2O5S. The molecule has 0 spiro atoms. The SMILES string of the molecule is COCCNC(=O)CSc1ccccc1C(=O)N[C@H]1CC[C@@H](C(=O)O)C1. The van der Waals surface area contributed by atoms with E-state index < -0.39 is 5.97 Å². The molecule has 3 N–H and O–H groups in total. The average molecular weight is 380 g/mol. The van der Waals surface area contributed by atoms with Gasteiger partial charge in [0.15, 0.2) is 0 Å². The zero-order chi connectivity index (χ0) is 18.9. The van der Waals surface area contributed by atoms with Crippen LogP contribution >= 0.6 is 11.8 Å². The molecule has 1 aliphatic rings. The molecule has 0 heterocycles. The summed E-state index contributed by atoms with van der Waals surface area (Å²) >= 11 is 1.30. The summed E-state index contributed by atoms with van der Waals surface area (Å²) in [7, 11) is 1.57. The molecular weight excluding hydrogens is 356 g/mol. The molecule has 2 rings (SSSR count). The molecule has 2 amide bonds. The first-order valence-electron chi connectivity index (χ1n) is 8.52. The van der Waals surface area contributed by atoms with Gasteiger partial charge in [-0.3, -0.25) is 14.4 Å². The van der Waals surface area contributed by atoms with E-state index in [0.29, 0.717) is 38.0 Å². The van der Waals surface area contributed by atoms with Crippen LogP contribution in [0.5, 0.6) is 0 Å². The van der Waals surface area contributed by atoms with Crippen molar-refractivity contribution < 1.29 is 24.2 Å². The minimum Gasteiger partial charge on any atom is -0.481 e. The summed E-state index contributed by atoms with van der Waals surface area (Å²) in [5.41, 5.74) is 0.501. The highest BCUT2D eigenvalue weighted by Crippen LogP contribution is 2.27. The Morgan fingerprint density at radius 3 is 2.73 bits per heavy atom. The second kappa shape index (κ2) is 10.2. The van der Waals surface area contributed by atoms with Gasteiger partial charge < -0.3 is 20.5 Å². The maximum absolute atomic E-state index is 12.6. The van der Waals surface area contributed by atoms with Gasteiger partial charge in [-0.05, 0) is 31.4 Å². The highest BCUT2D eigenvalue weighted by molar-refractivity contribution is 8.00. The Labute approximate surface area is 156 Å². The van der Waals surface area contributed by atoms with E-state index in [4.69, 9.17) is 9.84 Å². The van der Waals surface area contributed by atoms with Gasteiger partial charge >= 0.3 is 5.97 Å². The zero-order valence-corrected chi connectivity index (χ0v) is 15.5. The van der Waals surface area contributed by atoms with Crippen LogP contribution in [0.1, 0.15) is 29.6 Å². The number of ether oxygens (including phenoxy) is 1. The van der Waals surface area contributed by atoms with Crippen LogP contribution < -0.4 is 10.6 Å². The summed E-state index contributed by atoms with van der Waals surface area (Å²) in [6.07, 6.45) is 1.70. The predicted molar refractivity (Wildman–Crippen MR) is 98.3 cm³/mol. The van der Waals surface area contributed by atoms with Crippen LogP contribution in [-0.2, 0) is 14.3 Å². The van der Waals surface area contributed by atoms with E-state index in [0.717, 1.165) is 4.90 Å². The first kappa shape index (κ1) is 20.3. The van der Waals surface area contributed by atoms with Crippen molar-refractivity contribution in [3.63, 3.8) is 0 Å². The molecule has 7 nitrogen and oxygen atoms in total. The van der Waals surface area contributed by atoms with Crippen LogP contribution in [0.3, 0.4) is 0 Å². The Hall–Kier alpha value is -2.06. The lowest BCUT2D eigenvalue weighted by Crippen LogP contribution is -2.33. The van der Waals surface area contributed by atoms with Crippen molar-refractivity contribution in [2.45, 2.75) is 30.2 Å². The van der Waals surface area contributed by atoms with Crippen molar-refractivity contribution in [2.24, 2.45) is 5.92 Å². The Balaban J connectivity index is 1.90. The summed E-state index contributed by atoms with van der Waals surface area (Å²) in [4.78, 5) is 36.1. The number of carbonyl (C=O) groups excluding carboxylic acids is 2. The number of hydrogen-bond acceptors (Lipinski definition) is 5. The number of aliphatic carboxylic acids is 1. The quantitative estimate of drug-likeness (QED) is 0.443. The fraction of sp³-hybridized carbons (Fsp3) is 0.500. The van der Waals surface area contributed by atoms with E-state index >= 15 is 0 Å². The van der Waals surface area contributed by atoms with E-state index in [-0.39, 0.29) is 29.5 Å². The largest absolute Gasteiger partial charge is 0.481 e. The maximum atomic E-state index is 12.6. The lowest BCUT2D eigenvalue weighted by molar-refractivity contribution is -0.141. The summed E-state index contributed by atoms with van der Waals surface area (Å²) in [6, 6.07) is 6.98. The number of thioether (sulfide) groups is 1. The number of amides is 2. The molecule has 0 unspecified atom stereocenters. The zero-order valence-electron chi connectivity index (χ0n) is 14.7. The van der Waals surface area contributed by atoms with Crippen LogP contribution in [0.2, 0.25) is 0 Å². The van der Waals surface area contributed by atoms with Gasteiger partial charge in [0.1, 0.15) is 0 Å². The van der Waals surface area contributed by atoms with Gasteiger partial charge in [-0.25, -0.2) is 0 Å². The number of hydrogen-bond donors (Lipinski definition) is 3. The Morgan fingerprint density at radius 2 is 2.04 bits per heavy atom. The van der Waals surface area contributed by atoms with Crippen molar-refractivity contribution in [1.82, 2.24) is 10.6 Å². The average Bonchev–Trinajstić information content (AvgIpc) is 3.09. The maximum Gasteiger partial charge on any atom is 0.306 e. The number of carboxylic acids is 1. The Bertz CT molecular complexity index is 652. The molecule has 0 aliphatic heterocycles. The molecule has 142 valence electrons. The van der Waals surface area contributed by atoms with Crippen molar-refractivity contribution in [1.29, 1.82) is 0 Å². The molecule has 1 fully saturated rings. The van der Waals surface area contributed by atoms with E-state index in [1.54, 1.807) is 25.3 Å². The molecule has 0 bridgehead atoms. The summed E-state index contributed by atoms with van der Waals surface area (Å²) in [5.74, 6) is -1.34. The topological polar surface area (TPSA) is 105 Å². The molecule has 1 aromatic carbocycles. The van der Waals surface area contributed by atoms with Crippen molar-refractivity contribution >= 4 is 29.5 Å². The molecule has 2 atom stereocenters. The number of carbonyl (C=O) groups is 3. The highest BCUT2D eigenvalue weighted by Gasteiger charge is 2.31. The first-order valence-corrected chi connectivity index (χ1v) is 9.51. The fourth-order valence-corrected chi connectivity index (χ4v) is 3.75. The number of benzene rings is 1. The van der Waals surface area contributed by atoms with Gasteiger partial charge in [0.25, 0.3) is 5.91 Å². The van der Waals surface area contributed by atoms with E-state index in [1.807, 2.05) is 6.07 Å². The molecule has 0 saturated heterocycles. The molecule has 1 aromatic rings. The Kier molecular flexibility index (Phi) is 7.93. The van der Waals surface area contributed by atoms with Crippen molar-refractivity contribution in [3.8, 4) is 0 Å². The van der Waals surface area contributed by atoms with E-state index in [2.05, 4.69) is 10.6 Å². The normalized spacial score (nSPS) is 19.1. The molecule has 0 aromatic heterocycles. The van der Waals surface area contributed by atoms with Gasteiger partial charge in [0.2, 0.25) is 5.91 Å². The summed E-state index contributed by atoms with van der Waals surface area (Å²) in [5, 5.41) is 14.7. The first-order chi connectivity index (χ1) is 12.5. The third-order valence-corrected chi connectivity index (χ3v) is 5.31. The highest BCUT2D eigenvalue weighted by atomic mass is 32.2. The van der Waals surface area contributed by atoms with Crippen LogP contribution in [0, 0.1) is 5.92 Å². The molecule has 1 aliphatic carbocycles. The number of rotatable bonds is 9. The predicted octanol–water partition coefficient (Wildman–Crippen LogP) is 1.52. The summed E-state index contributed by atoms with van der Waals surface area (Å²) in [6.45, 7) is 0.901. The monoisotopic (exact) mass is 380 g/mol. The van der Waals surface area contributed by atoms with Gasteiger partial charge in [-0.15, -0.1) is 11.8 Å². The molecule has 26 heavy (non-hydrogen) atoms. The van der Waals surface area contributed by atoms with Gasteiger partial charge in [0.05, 0.1) is 23.8 Å². The Morgan fingerprint density at radius 1 is 1.27 bits per heavy atom. The number of methoxy groups -OCH3 is 1. The summed E-state index contributed by atoms with van der Waals surface area (Å²) < 4.78 is 4.88. The number of nitrogens with one attached hydrogen (secondary N) is 2. The second-order valence-corrected chi connectivity index (χ2v) is 7.16. The fourth-order valence-electron chi connectivity index (χ4n) is 2.87. The lowest BCUT2D eigenvalue weighted by Gasteiger charge is -2.14. The third kappa shape index (κ3) is 6.03. The number of carboxylic acid groups (broad SMARTS) is 1. The van der Waals surface area contributed by atoms with Crippen LogP contribution in [0.15, 0.2) is 29.2 Å².